The van der Waals surface area contributed by atoms with E-state index in [2.05, 4.69) is 23.7 Å². The van der Waals surface area contributed by atoms with Crippen molar-refractivity contribution in [2.75, 3.05) is 0 Å². The summed E-state index contributed by atoms with van der Waals surface area (Å²) >= 11 is 0. The van der Waals surface area contributed by atoms with Crippen molar-refractivity contribution >= 4 is 11.9 Å². The van der Waals surface area contributed by atoms with Crippen LogP contribution < -0.4 is 0 Å². The van der Waals surface area contributed by atoms with E-state index in [1.54, 1.807) is 0 Å². The molecule has 0 aliphatic rings. The molecule has 182 valence electrons. The van der Waals surface area contributed by atoms with E-state index in [0.717, 1.165) is 64.2 Å². The van der Waals surface area contributed by atoms with Gasteiger partial charge in [0, 0.05) is 9.05 Å². The summed E-state index contributed by atoms with van der Waals surface area (Å²) in [7, 11) is 0. The highest BCUT2D eigenvalue weighted by molar-refractivity contribution is 6.04. The van der Waals surface area contributed by atoms with Crippen molar-refractivity contribution < 1.29 is 37.3 Å². The number of hydrogen-bond donors (Lipinski definition) is 0. The first-order chi connectivity index (χ1) is 15.4. The maximum Gasteiger partial charge on any atom is 0.383 e. The van der Waals surface area contributed by atoms with Gasteiger partial charge in [-0.1, -0.05) is 78.1 Å². The van der Waals surface area contributed by atoms with E-state index in [1.165, 1.54) is 0 Å². The van der Waals surface area contributed by atoms with Gasteiger partial charge in [-0.2, -0.15) is 0 Å². The average Bonchev–Trinajstić information content (AvgIpc) is 2.80. The zero-order valence-corrected chi connectivity index (χ0v) is 19.0. The van der Waals surface area contributed by atoms with Crippen LogP contribution in [0, 0.1) is 11.6 Å². The Morgan fingerprint density at radius 1 is 0.594 bits per heavy atom. The minimum atomic E-state index is -1.91. The molecule has 0 unspecified atom stereocenters. The molecule has 1 aromatic rings. The molecule has 4 nitrogen and oxygen atoms in total. The molecule has 1 aromatic carbocycles. The first-order valence-corrected chi connectivity index (χ1v) is 11.6. The minimum absolute atomic E-state index is 0.0176. The molecular weight excluding hydrogens is 428 g/mol. The molecule has 0 radical (unpaired) electrons. The maximum absolute atomic E-state index is 14.9. The number of carbonyl (C=O) groups excluding carboxylic acids is 2. The lowest BCUT2D eigenvalue weighted by molar-refractivity contribution is -0.0827. The topological polar surface area (TPSA) is 52.6 Å². The number of halogens is 4. The van der Waals surface area contributed by atoms with Gasteiger partial charge in [0.25, 0.3) is 0 Å². The van der Waals surface area contributed by atoms with Gasteiger partial charge in [-0.05, 0) is 36.8 Å². The van der Waals surface area contributed by atoms with E-state index in [4.69, 9.17) is 0 Å². The van der Waals surface area contributed by atoms with Gasteiger partial charge in [-0.25, -0.2) is 28.3 Å². The average molecular weight is 463 g/mol. The van der Waals surface area contributed by atoms with Gasteiger partial charge in [-0.3, -0.25) is 0 Å². The van der Waals surface area contributed by atoms with Crippen LogP contribution in [0.25, 0.3) is 0 Å². The summed E-state index contributed by atoms with van der Waals surface area (Å²) in [5, 5.41) is 0. The number of benzene rings is 1. The summed E-state index contributed by atoms with van der Waals surface area (Å²) in [4.78, 5) is 30.1. The predicted octanol–water partition coefficient (Wildman–Crippen LogP) is 7.85. The van der Waals surface area contributed by atoms with Gasteiger partial charge in [-0.15, -0.1) is 0 Å². The minimum Gasteiger partial charge on any atom is -0.249 e. The lowest BCUT2D eigenvalue weighted by Crippen LogP contribution is -2.20. The largest absolute Gasteiger partial charge is 0.383 e. The van der Waals surface area contributed by atoms with Crippen molar-refractivity contribution in [3.05, 3.63) is 33.9 Å². The van der Waals surface area contributed by atoms with E-state index in [9.17, 15) is 27.4 Å². The van der Waals surface area contributed by atoms with Crippen molar-refractivity contribution in [3.8, 4) is 0 Å². The quantitative estimate of drug-likeness (QED) is 0.185. The molecule has 0 aliphatic heterocycles. The van der Waals surface area contributed by atoms with Crippen molar-refractivity contribution in [1.82, 2.24) is 0 Å². The van der Waals surface area contributed by atoms with Gasteiger partial charge in [0.15, 0.2) is 11.6 Å². The van der Waals surface area contributed by atoms with Crippen LogP contribution in [0.4, 0.5) is 17.8 Å². The molecule has 0 saturated carbocycles. The first kappa shape index (κ1) is 27.9. The maximum atomic E-state index is 14.9. The molecule has 0 heterocycles. The summed E-state index contributed by atoms with van der Waals surface area (Å²) in [6.07, 6.45) is 10.9. The van der Waals surface area contributed by atoms with E-state index in [0.29, 0.717) is 12.8 Å². The first-order valence-electron chi connectivity index (χ1n) is 11.6. The lowest BCUT2D eigenvalue weighted by atomic mass is 9.88. The third-order valence-corrected chi connectivity index (χ3v) is 5.70. The van der Waals surface area contributed by atoms with Crippen LogP contribution in [0.1, 0.15) is 123 Å². The summed E-state index contributed by atoms with van der Waals surface area (Å²) in [5.74, 6) is -6.65. The van der Waals surface area contributed by atoms with Gasteiger partial charge >= 0.3 is 11.9 Å². The summed E-state index contributed by atoms with van der Waals surface area (Å²) in [6.45, 7) is 4.16. The fourth-order valence-corrected chi connectivity index (χ4v) is 3.98. The summed E-state index contributed by atoms with van der Waals surface area (Å²) in [5.41, 5.74) is -2.19. The molecule has 1 rings (SSSR count). The van der Waals surface area contributed by atoms with E-state index < -0.39 is 34.7 Å². The Morgan fingerprint density at radius 3 is 1.47 bits per heavy atom. The Labute approximate surface area is 187 Å². The Bertz CT molecular complexity index is 737. The molecule has 0 N–H and O–H groups in total. The molecule has 0 aliphatic carbocycles. The fourth-order valence-electron chi connectivity index (χ4n) is 3.98. The molecule has 0 atom stereocenters. The number of unbranched alkanes of at least 4 members (excludes halogenated alkanes) is 10. The zero-order chi connectivity index (χ0) is 23.9. The van der Waals surface area contributed by atoms with Crippen LogP contribution in [-0.4, -0.2) is 11.9 Å². The summed E-state index contributed by atoms with van der Waals surface area (Å²) < 4.78 is 54.9. The van der Waals surface area contributed by atoms with Gasteiger partial charge < -0.3 is 0 Å². The number of rotatable bonds is 16. The zero-order valence-electron chi connectivity index (χ0n) is 19.0. The van der Waals surface area contributed by atoms with Crippen molar-refractivity contribution in [2.24, 2.45) is 0 Å². The monoisotopic (exact) mass is 462 g/mol. The standard InChI is InChI=1S/C24H34F4O4/c1-3-5-7-9-11-13-15-17-18(16-14-12-10-8-6-4-2)21(25)22(26)20(24(30)32-28)19(17)23(29)31-27/h3-16H2,1-2H3. The van der Waals surface area contributed by atoms with E-state index in [1.807, 2.05) is 0 Å². The van der Waals surface area contributed by atoms with Gasteiger partial charge in [0.05, 0.1) is 5.56 Å². The number of hydrogen-bond acceptors (Lipinski definition) is 4. The van der Waals surface area contributed by atoms with E-state index in [-0.39, 0.29) is 24.0 Å². The molecule has 0 saturated heterocycles. The second kappa shape index (κ2) is 15.6. The fraction of sp³-hybridized carbons (Fsp3) is 0.667. The highest BCUT2D eigenvalue weighted by Crippen LogP contribution is 2.31. The van der Waals surface area contributed by atoms with E-state index >= 15 is 0 Å². The Morgan fingerprint density at radius 2 is 1.00 bits per heavy atom. The molecule has 32 heavy (non-hydrogen) atoms. The van der Waals surface area contributed by atoms with Crippen LogP contribution >= 0.6 is 0 Å². The molecular formula is C24H34F4O4. The van der Waals surface area contributed by atoms with Crippen LogP contribution in [0.2, 0.25) is 0 Å². The Hall–Kier alpha value is -2.12. The Balaban J connectivity index is 3.26. The summed E-state index contributed by atoms with van der Waals surface area (Å²) in [6, 6.07) is 0. The van der Waals surface area contributed by atoms with Crippen molar-refractivity contribution in [2.45, 2.75) is 104 Å². The SMILES string of the molecule is CCCCCCCCc1c(F)c(F)c(C(=O)OF)c(C(=O)OF)c1CCCCCCCC. The van der Waals surface area contributed by atoms with Crippen LogP contribution in [0.3, 0.4) is 0 Å². The van der Waals surface area contributed by atoms with Crippen molar-refractivity contribution in [1.29, 1.82) is 0 Å². The van der Waals surface area contributed by atoms with Crippen LogP contribution in [0.5, 0.6) is 0 Å². The smallest absolute Gasteiger partial charge is 0.249 e. The van der Waals surface area contributed by atoms with Gasteiger partial charge in [0.2, 0.25) is 0 Å². The van der Waals surface area contributed by atoms with Crippen LogP contribution in [-0.2, 0) is 22.7 Å². The molecule has 0 amide bonds. The molecule has 0 bridgehead atoms. The number of carbonyl (C=O) groups is 2. The van der Waals surface area contributed by atoms with Crippen molar-refractivity contribution in [3.63, 3.8) is 0 Å². The van der Waals surface area contributed by atoms with Crippen LogP contribution in [0.15, 0.2) is 0 Å². The Kier molecular flexibility index (Phi) is 13.6. The third kappa shape index (κ3) is 8.10. The molecule has 0 spiro atoms. The predicted molar refractivity (Wildman–Crippen MR) is 114 cm³/mol. The highest BCUT2D eigenvalue weighted by atomic mass is 19.3. The second-order valence-electron chi connectivity index (χ2n) is 8.10. The second-order valence-corrected chi connectivity index (χ2v) is 8.10. The third-order valence-electron chi connectivity index (χ3n) is 5.70. The molecule has 0 fully saturated rings. The van der Waals surface area contributed by atoms with Gasteiger partial charge in [0.1, 0.15) is 5.56 Å². The highest BCUT2D eigenvalue weighted by Gasteiger charge is 2.34. The molecule has 0 aromatic heterocycles. The molecule has 8 heteroatoms. The normalized spacial score (nSPS) is 10.9. The lowest BCUT2D eigenvalue weighted by Gasteiger charge is -2.18.